The van der Waals surface area contributed by atoms with Gasteiger partial charge in [0.1, 0.15) is 11.5 Å². The van der Waals surface area contributed by atoms with Gasteiger partial charge in [-0.15, -0.1) is 0 Å². The number of nitro groups is 1. The van der Waals surface area contributed by atoms with Crippen LogP contribution in [0, 0.1) is 15.9 Å². The quantitative estimate of drug-likeness (QED) is 0.627. The zero-order valence-corrected chi connectivity index (χ0v) is 11.6. The number of hydrogen-bond donors (Lipinski definition) is 2. The highest BCUT2D eigenvalue weighted by atomic mass is 19.1. The Morgan fingerprint density at radius 3 is 2.48 bits per heavy atom. The lowest BCUT2D eigenvalue weighted by molar-refractivity contribution is -0.383. The Hall–Kier alpha value is -2.63. The first-order chi connectivity index (χ1) is 10.1. The van der Waals surface area contributed by atoms with Crippen LogP contribution in [0.3, 0.4) is 0 Å². The molecule has 0 unspecified atom stereocenters. The summed E-state index contributed by atoms with van der Waals surface area (Å²) in [5, 5.41) is 17.1. The number of anilines is 2. The van der Waals surface area contributed by atoms with E-state index in [4.69, 9.17) is 0 Å². The molecule has 0 aliphatic heterocycles. The fourth-order valence-electron chi connectivity index (χ4n) is 1.94. The largest absolute Gasteiger partial charge is 0.381 e. The third-order valence-electron chi connectivity index (χ3n) is 2.97. The fraction of sp³-hybridized carbons (Fsp3) is 0.200. The van der Waals surface area contributed by atoms with Crippen LogP contribution >= 0.6 is 0 Å². The lowest BCUT2D eigenvalue weighted by Crippen LogP contribution is -2.03. The van der Waals surface area contributed by atoms with E-state index in [1.54, 1.807) is 24.3 Å². The summed E-state index contributed by atoms with van der Waals surface area (Å²) >= 11 is 0. The number of hydrogen-bond acceptors (Lipinski definition) is 4. The van der Waals surface area contributed by atoms with Crippen molar-refractivity contribution in [2.24, 2.45) is 0 Å². The van der Waals surface area contributed by atoms with Gasteiger partial charge in [-0.3, -0.25) is 10.1 Å². The molecule has 2 rings (SSSR count). The molecule has 0 aromatic heterocycles. The normalized spacial score (nSPS) is 10.2. The van der Waals surface area contributed by atoms with Gasteiger partial charge in [0.05, 0.1) is 4.92 Å². The van der Waals surface area contributed by atoms with E-state index in [2.05, 4.69) is 10.6 Å². The van der Waals surface area contributed by atoms with Gasteiger partial charge >= 0.3 is 0 Å². The molecule has 0 bridgehead atoms. The number of nitrogens with one attached hydrogen (secondary N) is 2. The van der Waals surface area contributed by atoms with Crippen LogP contribution in [0.25, 0.3) is 0 Å². The van der Waals surface area contributed by atoms with Crippen molar-refractivity contribution < 1.29 is 9.31 Å². The SMILES string of the molecule is CCNc1ccc(NCc2ccc(F)cc2)cc1[N+](=O)[O-]. The summed E-state index contributed by atoms with van der Waals surface area (Å²) in [7, 11) is 0. The molecule has 2 aromatic carbocycles. The van der Waals surface area contributed by atoms with Crippen LogP contribution in [0.15, 0.2) is 42.5 Å². The highest BCUT2D eigenvalue weighted by Crippen LogP contribution is 2.28. The predicted molar refractivity (Wildman–Crippen MR) is 81.0 cm³/mol. The molecule has 0 saturated heterocycles. The Balaban J connectivity index is 2.11. The average Bonchev–Trinajstić information content (AvgIpc) is 2.48. The summed E-state index contributed by atoms with van der Waals surface area (Å²) in [5.41, 5.74) is 2.07. The van der Waals surface area contributed by atoms with E-state index in [9.17, 15) is 14.5 Å². The number of benzene rings is 2. The molecule has 2 N–H and O–H groups in total. The van der Waals surface area contributed by atoms with Crippen molar-refractivity contribution in [2.75, 3.05) is 17.2 Å². The predicted octanol–water partition coefficient (Wildman–Crippen LogP) is 3.78. The molecule has 0 saturated carbocycles. The lowest BCUT2D eigenvalue weighted by atomic mass is 10.2. The van der Waals surface area contributed by atoms with Crippen LogP contribution in [0.5, 0.6) is 0 Å². The van der Waals surface area contributed by atoms with Gasteiger partial charge in [0, 0.05) is 24.8 Å². The van der Waals surface area contributed by atoms with E-state index in [0.29, 0.717) is 24.5 Å². The number of nitro benzene ring substituents is 1. The molecule has 21 heavy (non-hydrogen) atoms. The summed E-state index contributed by atoms with van der Waals surface area (Å²) in [6.07, 6.45) is 0. The van der Waals surface area contributed by atoms with Gasteiger partial charge in [0.2, 0.25) is 0 Å². The Morgan fingerprint density at radius 1 is 1.14 bits per heavy atom. The highest BCUT2D eigenvalue weighted by molar-refractivity contribution is 5.67. The summed E-state index contributed by atoms with van der Waals surface area (Å²) in [4.78, 5) is 10.6. The van der Waals surface area contributed by atoms with Crippen molar-refractivity contribution in [3.63, 3.8) is 0 Å². The Labute approximate surface area is 122 Å². The van der Waals surface area contributed by atoms with E-state index in [-0.39, 0.29) is 11.5 Å². The smallest absolute Gasteiger partial charge is 0.294 e. The molecule has 0 atom stereocenters. The van der Waals surface area contributed by atoms with Crippen molar-refractivity contribution in [1.29, 1.82) is 0 Å². The molecule has 0 amide bonds. The Bertz CT molecular complexity index is 629. The lowest BCUT2D eigenvalue weighted by Gasteiger charge is -2.09. The van der Waals surface area contributed by atoms with Crippen LogP contribution in [-0.4, -0.2) is 11.5 Å². The molecule has 0 heterocycles. The molecular formula is C15H16FN3O2. The second kappa shape index (κ2) is 6.69. The van der Waals surface area contributed by atoms with Crippen LogP contribution in [0.4, 0.5) is 21.5 Å². The molecule has 5 nitrogen and oxygen atoms in total. The molecule has 2 aromatic rings. The van der Waals surface area contributed by atoms with Gasteiger partial charge in [0.25, 0.3) is 5.69 Å². The van der Waals surface area contributed by atoms with Gasteiger partial charge in [-0.1, -0.05) is 12.1 Å². The third kappa shape index (κ3) is 3.92. The summed E-state index contributed by atoms with van der Waals surface area (Å²) < 4.78 is 12.8. The third-order valence-corrected chi connectivity index (χ3v) is 2.97. The maximum atomic E-state index is 12.8. The zero-order valence-electron chi connectivity index (χ0n) is 11.6. The minimum absolute atomic E-state index is 0.0287. The summed E-state index contributed by atoms with van der Waals surface area (Å²) in [5.74, 6) is -0.288. The topological polar surface area (TPSA) is 67.2 Å². The van der Waals surface area contributed by atoms with Gasteiger partial charge < -0.3 is 10.6 Å². The van der Waals surface area contributed by atoms with Gasteiger partial charge in [0.15, 0.2) is 0 Å². The van der Waals surface area contributed by atoms with E-state index < -0.39 is 4.92 Å². The van der Waals surface area contributed by atoms with E-state index in [0.717, 1.165) is 5.56 Å². The average molecular weight is 289 g/mol. The van der Waals surface area contributed by atoms with Crippen LogP contribution < -0.4 is 10.6 Å². The summed E-state index contributed by atoms with van der Waals surface area (Å²) in [6.45, 7) is 2.96. The number of nitrogens with zero attached hydrogens (tertiary/aromatic N) is 1. The molecule has 0 spiro atoms. The summed E-state index contributed by atoms with van der Waals surface area (Å²) in [6, 6.07) is 11.0. The molecular weight excluding hydrogens is 273 g/mol. The fourth-order valence-corrected chi connectivity index (χ4v) is 1.94. The van der Waals surface area contributed by atoms with Gasteiger partial charge in [-0.25, -0.2) is 4.39 Å². The monoisotopic (exact) mass is 289 g/mol. The van der Waals surface area contributed by atoms with Crippen LogP contribution in [-0.2, 0) is 6.54 Å². The Morgan fingerprint density at radius 2 is 1.86 bits per heavy atom. The van der Waals surface area contributed by atoms with Crippen molar-refractivity contribution in [3.8, 4) is 0 Å². The first-order valence-electron chi connectivity index (χ1n) is 6.60. The standard InChI is InChI=1S/C15H16FN3O2/c1-2-17-14-8-7-13(9-15(14)19(20)21)18-10-11-3-5-12(16)6-4-11/h3-9,17-18H,2,10H2,1H3. The van der Waals surface area contributed by atoms with Gasteiger partial charge in [-0.2, -0.15) is 0 Å². The van der Waals surface area contributed by atoms with E-state index in [1.165, 1.54) is 18.2 Å². The van der Waals surface area contributed by atoms with Crippen LogP contribution in [0.1, 0.15) is 12.5 Å². The van der Waals surface area contributed by atoms with Crippen molar-refractivity contribution in [1.82, 2.24) is 0 Å². The molecule has 0 aliphatic carbocycles. The van der Waals surface area contributed by atoms with E-state index in [1.807, 2.05) is 6.92 Å². The van der Waals surface area contributed by atoms with Crippen LogP contribution in [0.2, 0.25) is 0 Å². The maximum Gasteiger partial charge on any atom is 0.294 e. The van der Waals surface area contributed by atoms with Gasteiger partial charge in [-0.05, 0) is 36.8 Å². The van der Waals surface area contributed by atoms with Crippen molar-refractivity contribution in [3.05, 3.63) is 64.0 Å². The second-order valence-electron chi connectivity index (χ2n) is 4.50. The first kappa shape index (κ1) is 14.8. The second-order valence-corrected chi connectivity index (χ2v) is 4.50. The molecule has 0 fully saturated rings. The molecule has 6 heteroatoms. The molecule has 110 valence electrons. The number of rotatable bonds is 6. The Kier molecular flexibility index (Phi) is 4.71. The molecule has 0 aliphatic rings. The first-order valence-corrected chi connectivity index (χ1v) is 6.60. The number of halogens is 1. The van der Waals surface area contributed by atoms with Crippen molar-refractivity contribution >= 4 is 17.1 Å². The molecule has 0 radical (unpaired) electrons. The maximum absolute atomic E-state index is 12.8. The zero-order chi connectivity index (χ0) is 15.2. The minimum atomic E-state index is -0.416. The van der Waals surface area contributed by atoms with Crippen molar-refractivity contribution in [2.45, 2.75) is 13.5 Å². The van der Waals surface area contributed by atoms with E-state index >= 15 is 0 Å². The minimum Gasteiger partial charge on any atom is -0.381 e. The highest BCUT2D eigenvalue weighted by Gasteiger charge is 2.13.